The highest BCUT2D eigenvalue weighted by Crippen LogP contribution is 1.89. The number of unbranched alkanes of at least 4 members (excludes halogenated alkanes) is 1. The number of hydrogen-bond donors (Lipinski definition) is 3. The van der Waals surface area contributed by atoms with Gasteiger partial charge in [0.2, 0.25) is 5.91 Å². The summed E-state index contributed by atoms with van der Waals surface area (Å²) in [7, 11) is 0. The van der Waals surface area contributed by atoms with E-state index in [-0.39, 0.29) is 5.91 Å². The smallest absolute Gasteiger partial charge is 0.234 e. The van der Waals surface area contributed by atoms with Crippen LogP contribution in [0.1, 0.15) is 19.8 Å². The van der Waals surface area contributed by atoms with Gasteiger partial charge in [0.1, 0.15) is 0 Å². The maximum atomic E-state index is 11.7. The third-order valence-electron chi connectivity index (χ3n) is 2.91. The summed E-state index contributed by atoms with van der Waals surface area (Å²) in [5.41, 5.74) is 0. The van der Waals surface area contributed by atoms with Crippen LogP contribution in [0.15, 0.2) is 0 Å². The molecule has 3 N–H and O–H groups in total. The highest BCUT2D eigenvalue weighted by Gasteiger charge is 2.10. The minimum Gasteiger partial charge on any atom is -0.355 e. The van der Waals surface area contributed by atoms with Crippen LogP contribution in [-0.4, -0.2) is 63.2 Å². The summed E-state index contributed by atoms with van der Waals surface area (Å²) in [6, 6.07) is 0. The van der Waals surface area contributed by atoms with E-state index >= 15 is 0 Å². The zero-order valence-corrected chi connectivity index (χ0v) is 10.9. The van der Waals surface area contributed by atoms with Crippen LogP contribution < -0.4 is 16.0 Å². The minimum absolute atomic E-state index is 0.151. The van der Waals surface area contributed by atoms with E-state index in [1.165, 1.54) is 0 Å². The van der Waals surface area contributed by atoms with E-state index in [1.54, 1.807) is 0 Å². The lowest BCUT2D eigenvalue weighted by Gasteiger charge is -2.20. The lowest BCUT2D eigenvalue weighted by atomic mass is 10.3. The Morgan fingerprint density at radius 1 is 1.18 bits per heavy atom. The number of rotatable bonds is 5. The standard InChI is InChI=1S/C12H26N4O/c1-2-3-4-15-12(17)11-16-9-7-13-5-6-14-8-10-16/h13-14H,2-11H2,1H3,(H,15,17). The maximum Gasteiger partial charge on any atom is 0.234 e. The Hall–Kier alpha value is -0.650. The summed E-state index contributed by atoms with van der Waals surface area (Å²) in [6.07, 6.45) is 2.19. The molecule has 0 spiro atoms. The van der Waals surface area contributed by atoms with Gasteiger partial charge in [-0.3, -0.25) is 9.69 Å². The van der Waals surface area contributed by atoms with Crippen molar-refractivity contribution in [2.24, 2.45) is 0 Å². The Balaban J connectivity index is 2.19. The molecule has 0 atom stereocenters. The van der Waals surface area contributed by atoms with E-state index in [0.29, 0.717) is 6.54 Å². The Morgan fingerprint density at radius 3 is 2.41 bits per heavy atom. The molecule has 0 bridgehead atoms. The largest absolute Gasteiger partial charge is 0.355 e. The highest BCUT2D eigenvalue weighted by molar-refractivity contribution is 5.77. The van der Waals surface area contributed by atoms with Crippen molar-refractivity contribution in [1.82, 2.24) is 20.9 Å². The number of nitrogens with one attached hydrogen (secondary N) is 3. The van der Waals surface area contributed by atoms with Crippen molar-refractivity contribution >= 4 is 5.91 Å². The first-order chi connectivity index (χ1) is 8.33. The van der Waals surface area contributed by atoms with Crippen LogP contribution in [-0.2, 0) is 4.79 Å². The number of carbonyl (C=O) groups is 1. The molecule has 1 heterocycles. The summed E-state index contributed by atoms with van der Waals surface area (Å²) in [4.78, 5) is 13.9. The molecule has 0 aromatic carbocycles. The molecule has 1 aliphatic rings. The van der Waals surface area contributed by atoms with Gasteiger partial charge in [0, 0.05) is 45.8 Å². The van der Waals surface area contributed by atoms with Gasteiger partial charge in [-0.2, -0.15) is 0 Å². The molecule has 1 fully saturated rings. The molecule has 1 saturated heterocycles. The number of amides is 1. The van der Waals surface area contributed by atoms with E-state index < -0.39 is 0 Å². The van der Waals surface area contributed by atoms with Crippen molar-refractivity contribution in [3.05, 3.63) is 0 Å². The zero-order valence-electron chi connectivity index (χ0n) is 10.9. The van der Waals surface area contributed by atoms with Crippen molar-refractivity contribution in [1.29, 1.82) is 0 Å². The fourth-order valence-corrected chi connectivity index (χ4v) is 1.83. The van der Waals surface area contributed by atoms with Crippen molar-refractivity contribution in [3.63, 3.8) is 0 Å². The van der Waals surface area contributed by atoms with Crippen LogP contribution in [0.5, 0.6) is 0 Å². The fraction of sp³-hybridized carbons (Fsp3) is 0.917. The van der Waals surface area contributed by atoms with Gasteiger partial charge in [-0.1, -0.05) is 13.3 Å². The molecule has 1 rings (SSSR count). The first-order valence-corrected chi connectivity index (χ1v) is 6.73. The van der Waals surface area contributed by atoms with Gasteiger partial charge < -0.3 is 16.0 Å². The summed E-state index contributed by atoms with van der Waals surface area (Å²) in [5.74, 6) is 0.151. The van der Waals surface area contributed by atoms with Gasteiger partial charge in [0.15, 0.2) is 0 Å². The molecule has 1 aliphatic heterocycles. The average molecular weight is 242 g/mol. The van der Waals surface area contributed by atoms with E-state index in [1.807, 2.05) is 0 Å². The molecule has 0 radical (unpaired) electrons. The van der Waals surface area contributed by atoms with Crippen molar-refractivity contribution in [2.45, 2.75) is 19.8 Å². The van der Waals surface area contributed by atoms with Gasteiger partial charge in [-0.15, -0.1) is 0 Å². The summed E-state index contributed by atoms with van der Waals surface area (Å²) in [5, 5.41) is 9.65. The van der Waals surface area contributed by atoms with E-state index in [9.17, 15) is 4.79 Å². The van der Waals surface area contributed by atoms with Crippen LogP contribution in [0.25, 0.3) is 0 Å². The molecule has 5 heteroatoms. The molecule has 0 aliphatic carbocycles. The van der Waals surface area contributed by atoms with Crippen LogP contribution in [0.2, 0.25) is 0 Å². The van der Waals surface area contributed by atoms with Crippen molar-refractivity contribution in [3.8, 4) is 0 Å². The topological polar surface area (TPSA) is 56.4 Å². The normalized spacial score (nSPS) is 19.1. The Kier molecular flexibility index (Phi) is 7.96. The maximum absolute atomic E-state index is 11.7. The second-order valence-electron chi connectivity index (χ2n) is 4.48. The van der Waals surface area contributed by atoms with E-state index in [0.717, 1.165) is 58.7 Å². The Bertz CT molecular complexity index is 201. The second-order valence-corrected chi connectivity index (χ2v) is 4.48. The first kappa shape index (κ1) is 14.4. The molecular formula is C12H26N4O. The second kappa shape index (κ2) is 9.39. The van der Waals surface area contributed by atoms with E-state index in [2.05, 4.69) is 27.8 Å². The highest BCUT2D eigenvalue weighted by atomic mass is 16.2. The van der Waals surface area contributed by atoms with Gasteiger partial charge >= 0.3 is 0 Å². The van der Waals surface area contributed by atoms with Gasteiger partial charge in [-0.05, 0) is 6.42 Å². The molecule has 100 valence electrons. The third kappa shape index (κ3) is 7.31. The van der Waals surface area contributed by atoms with Crippen molar-refractivity contribution in [2.75, 3.05) is 52.4 Å². The average Bonchev–Trinajstić information content (AvgIpc) is 2.43. The Morgan fingerprint density at radius 2 is 1.82 bits per heavy atom. The molecule has 5 nitrogen and oxygen atoms in total. The molecule has 1 amide bonds. The van der Waals surface area contributed by atoms with Crippen LogP contribution in [0, 0.1) is 0 Å². The number of nitrogens with zero attached hydrogens (tertiary/aromatic N) is 1. The quantitative estimate of drug-likeness (QED) is 0.563. The zero-order chi connectivity index (χ0) is 12.3. The predicted octanol–water partition coefficient (Wildman–Crippen LogP) is -0.602. The molecule has 0 aromatic rings. The lowest BCUT2D eigenvalue weighted by molar-refractivity contribution is -0.122. The summed E-state index contributed by atoms with van der Waals surface area (Å²) in [6.45, 7) is 9.30. The monoisotopic (exact) mass is 242 g/mol. The molecular weight excluding hydrogens is 216 g/mol. The molecule has 0 aromatic heterocycles. The minimum atomic E-state index is 0.151. The van der Waals surface area contributed by atoms with E-state index in [4.69, 9.17) is 0 Å². The van der Waals surface area contributed by atoms with Gasteiger partial charge in [0.05, 0.1) is 6.54 Å². The molecule has 0 unspecified atom stereocenters. The van der Waals surface area contributed by atoms with Crippen LogP contribution in [0.4, 0.5) is 0 Å². The molecule has 17 heavy (non-hydrogen) atoms. The van der Waals surface area contributed by atoms with Gasteiger partial charge in [0.25, 0.3) is 0 Å². The Labute approximate surface area is 104 Å². The van der Waals surface area contributed by atoms with Crippen molar-refractivity contribution < 1.29 is 4.79 Å². The van der Waals surface area contributed by atoms with Crippen LogP contribution in [0.3, 0.4) is 0 Å². The molecule has 0 saturated carbocycles. The SMILES string of the molecule is CCCCNC(=O)CN1CCNCCNCC1. The fourth-order valence-electron chi connectivity index (χ4n) is 1.83. The lowest BCUT2D eigenvalue weighted by Crippen LogP contribution is -2.42. The van der Waals surface area contributed by atoms with Crippen LogP contribution >= 0.6 is 0 Å². The number of carbonyl (C=O) groups excluding carboxylic acids is 1. The third-order valence-corrected chi connectivity index (χ3v) is 2.91. The van der Waals surface area contributed by atoms with Gasteiger partial charge in [-0.25, -0.2) is 0 Å². The predicted molar refractivity (Wildman–Crippen MR) is 70.1 cm³/mol. The first-order valence-electron chi connectivity index (χ1n) is 6.73. The summed E-state index contributed by atoms with van der Waals surface area (Å²) >= 11 is 0. The summed E-state index contributed by atoms with van der Waals surface area (Å²) < 4.78 is 0. The number of hydrogen-bond acceptors (Lipinski definition) is 4.